The molecule has 2 aromatic carbocycles. The van der Waals surface area contributed by atoms with Crippen LogP contribution >= 0.6 is 0 Å². The summed E-state index contributed by atoms with van der Waals surface area (Å²) >= 11 is 0. The zero-order valence-corrected chi connectivity index (χ0v) is 19.4. The van der Waals surface area contributed by atoms with Crippen LogP contribution in [-0.4, -0.2) is 49.9 Å². The number of fused-ring (bicyclic) bond motifs is 1. The highest BCUT2D eigenvalue weighted by Crippen LogP contribution is 2.32. The molecule has 1 saturated heterocycles. The van der Waals surface area contributed by atoms with Crippen molar-refractivity contribution in [2.24, 2.45) is 0 Å². The lowest BCUT2D eigenvalue weighted by atomic mass is 10.0. The van der Waals surface area contributed by atoms with Gasteiger partial charge in [-0.25, -0.2) is 0 Å². The molecule has 2 aromatic rings. The number of nitrogens with one attached hydrogen (secondary N) is 2. The van der Waals surface area contributed by atoms with Crippen molar-refractivity contribution in [2.75, 3.05) is 43.4 Å². The summed E-state index contributed by atoms with van der Waals surface area (Å²) in [5, 5.41) is 5.59. The Balaban J connectivity index is 1.40. The quantitative estimate of drug-likeness (QED) is 0.681. The molecule has 0 saturated carbocycles. The lowest BCUT2D eigenvalue weighted by Gasteiger charge is -2.28. The number of hydrogen-bond acceptors (Lipinski definition) is 4. The molecule has 6 heteroatoms. The van der Waals surface area contributed by atoms with E-state index in [-0.39, 0.29) is 6.04 Å². The minimum Gasteiger partial charge on any atom is -0.374 e. The van der Waals surface area contributed by atoms with Crippen molar-refractivity contribution in [2.45, 2.75) is 45.1 Å². The normalized spacial score (nSPS) is 16.8. The van der Waals surface area contributed by atoms with Crippen LogP contribution in [0.1, 0.15) is 55.3 Å². The second-order valence-electron chi connectivity index (χ2n) is 9.26. The van der Waals surface area contributed by atoms with Crippen molar-refractivity contribution in [1.29, 1.82) is 0 Å². The molecule has 170 valence electrons. The van der Waals surface area contributed by atoms with Gasteiger partial charge in [0, 0.05) is 31.5 Å². The topological polar surface area (TPSA) is 64.7 Å². The zero-order chi connectivity index (χ0) is 22.7. The van der Waals surface area contributed by atoms with Crippen LogP contribution < -0.4 is 15.5 Å². The number of nitrogens with zero attached hydrogens (tertiary/aromatic N) is 2. The number of hydrogen-bond donors (Lipinski definition) is 2. The molecule has 32 heavy (non-hydrogen) atoms. The van der Waals surface area contributed by atoms with E-state index in [1.807, 2.05) is 24.3 Å². The summed E-state index contributed by atoms with van der Waals surface area (Å²) in [5.74, 6) is -0.800. The number of likely N-dealkylation sites (N-methyl/N-ethyl adjacent to an activating group) is 1. The van der Waals surface area contributed by atoms with Gasteiger partial charge in [-0.1, -0.05) is 38.1 Å². The Morgan fingerprint density at radius 2 is 1.62 bits per heavy atom. The Morgan fingerprint density at radius 3 is 2.31 bits per heavy atom. The molecule has 1 unspecified atom stereocenters. The van der Waals surface area contributed by atoms with Gasteiger partial charge in [-0.05, 0) is 73.2 Å². The van der Waals surface area contributed by atoms with Crippen molar-refractivity contribution in [1.82, 2.24) is 10.2 Å². The maximum atomic E-state index is 12.6. The van der Waals surface area contributed by atoms with E-state index in [1.54, 1.807) is 0 Å². The van der Waals surface area contributed by atoms with Gasteiger partial charge in [-0.2, -0.15) is 0 Å². The van der Waals surface area contributed by atoms with Gasteiger partial charge in [-0.15, -0.1) is 0 Å². The lowest BCUT2D eigenvalue weighted by molar-refractivity contribution is -0.136. The van der Waals surface area contributed by atoms with Crippen LogP contribution in [0.5, 0.6) is 0 Å². The summed E-state index contributed by atoms with van der Waals surface area (Å²) in [6.07, 6.45) is 3.40. The third-order valence-corrected chi connectivity index (χ3v) is 6.69. The number of likely N-dealkylation sites (tertiary alicyclic amines) is 1. The van der Waals surface area contributed by atoms with Gasteiger partial charge in [0.2, 0.25) is 0 Å². The first kappa shape index (κ1) is 22.3. The lowest BCUT2D eigenvalue weighted by Crippen LogP contribution is -2.41. The van der Waals surface area contributed by atoms with E-state index >= 15 is 0 Å². The summed E-state index contributed by atoms with van der Waals surface area (Å²) in [6, 6.07) is 14.4. The summed E-state index contributed by atoms with van der Waals surface area (Å²) in [7, 11) is 2.12. The minimum absolute atomic E-state index is 0.0794. The molecule has 0 aromatic heterocycles. The van der Waals surface area contributed by atoms with Crippen LogP contribution in [0, 0.1) is 0 Å². The van der Waals surface area contributed by atoms with Crippen LogP contribution in [0.25, 0.3) is 0 Å². The molecule has 0 radical (unpaired) electrons. The number of carbonyl (C=O) groups is 2. The summed E-state index contributed by atoms with van der Waals surface area (Å²) in [6.45, 7) is 7.75. The fourth-order valence-corrected chi connectivity index (χ4v) is 4.71. The van der Waals surface area contributed by atoms with Gasteiger partial charge in [0.05, 0.1) is 6.04 Å². The van der Waals surface area contributed by atoms with E-state index in [0.717, 1.165) is 26.1 Å². The van der Waals surface area contributed by atoms with E-state index in [4.69, 9.17) is 0 Å². The summed E-state index contributed by atoms with van der Waals surface area (Å²) < 4.78 is 0. The number of anilines is 2. The van der Waals surface area contributed by atoms with Gasteiger partial charge < -0.3 is 15.5 Å². The largest absolute Gasteiger partial charge is 0.374 e. The average molecular weight is 435 g/mol. The highest BCUT2D eigenvalue weighted by molar-refractivity contribution is 6.39. The first-order valence-corrected chi connectivity index (χ1v) is 11.7. The van der Waals surface area contributed by atoms with E-state index in [2.05, 4.69) is 59.5 Å². The molecule has 0 aliphatic carbocycles. The minimum atomic E-state index is -0.627. The van der Waals surface area contributed by atoms with E-state index in [1.165, 1.54) is 35.2 Å². The van der Waals surface area contributed by atoms with Gasteiger partial charge in [0.25, 0.3) is 0 Å². The number of rotatable bonds is 6. The van der Waals surface area contributed by atoms with Crippen LogP contribution in [0.2, 0.25) is 0 Å². The maximum Gasteiger partial charge on any atom is 0.313 e. The molecular formula is C26H34N4O2. The molecular weight excluding hydrogens is 400 g/mol. The first-order chi connectivity index (χ1) is 15.4. The summed E-state index contributed by atoms with van der Waals surface area (Å²) in [4.78, 5) is 29.7. The predicted molar refractivity (Wildman–Crippen MR) is 129 cm³/mol. The third kappa shape index (κ3) is 4.96. The van der Waals surface area contributed by atoms with Crippen molar-refractivity contribution < 1.29 is 9.59 Å². The van der Waals surface area contributed by atoms with Gasteiger partial charge in [0.15, 0.2) is 0 Å². The number of benzene rings is 2. The molecule has 2 aliphatic rings. The van der Waals surface area contributed by atoms with E-state index < -0.39 is 11.8 Å². The van der Waals surface area contributed by atoms with Crippen molar-refractivity contribution in [3.05, 3.63) is 59.2 Å². The standard InChI is InChI=1S/C26H34N4O2/c1-18(2)19-6-9-22(10-7-19)28-26(32)25(31)27-17-24(30-13-4-5-14-30)20-8-11-23-21(16-20)12-15-29(23)3/h6-11,16,18,24H,4-5,12-15,17H2,1-3H3,(H,27,31)(H,28,32). The highest BCUT2D eigenvalue weighted by atomic mass is 16.2. The third-order valence-electron chi connectivity index (χ3n) is 6.69. The Bertz CT molecular complexity index is 964. The molecule has 2 aliphatic heterocycles. The number of carbonyl (C=O) groups excluding carboxylic acids is 2. The second kappa shape index (κ2) is 9.74. The summed E-state index contributed by atoms with van der Waals surface area (Å²) in [5.41, 5.74) is 5.70. The number of amides is 2. The van der Waals surface area contributed by atoms with Crippen molar-refractivity contribution >= 4 is 23.2 Å². The van der Waals surface area contributed by atoms with Crippen LogP contribution in [-0.2, 0) is 16.0 Å². The molecule has 1 fully saturated rings. The zero-order valence-electron chi connectivity index (χ0n) is 19.4. The van der Waals surface area contributed by atoms with Crippen LogP contribution in [0.4, 0.5) is 11.4 Å². The SMILES string of the molecule is CC(C)c1ccc(NC(=O)C(=O)NCC(c2ccc3c(c2)CCN3C)N2CCCC2)cc1. The Kier molecular flexibility index (Phi) is 6.80. The first-order valence-electron chi connectivity index (χ1n) is 11.7. The molecule has 1 atom stereocenters. The molecule has 6 nitrogen and oxygen atoms in total. The molecule has 0 spiro atoms. The molecule has 4 rings (SSSR count). The smallest absolute Gasteiger partial charge is 0.313 e. The average Bonchev–Trinajstić information content (AvgIpc) is 3.44. The van der Waals surface area contributed by atoms with Crippen LogP contribution in [0.15, 0.2) is 42.5 Å². The predicted octanol–water partition coefficient (Wildman–Crippen LogP) is 3.69. The van der Waals surface area contributed by atoms with Crippen LogP contribution in [0.3, 0.4) is 0 Å². The molecule has 0 bridgehead atoms. The van der Waals surface area contributed by atoms with E-state index in [9.17, 15) is 9.59 Å². The maximum absolute atomic E-state index is 12.6. The van der Waals surface area contributed by atoms with Crippen molar-refractivity contribution in [3.63, 3.8) is 0 Å². The van der Waals surface area contributed by atoms with Gasteiger partial charge in [-0.3, -0.25) is 14.5 Å². The Hall–Kier alpha value is -2.86. The Morgan fingerprint density at radius 1 is 0.938 bits per heavy atom. The second-order valence-corrected chi connectivity index (χ2v) is 9.26. The van der Waals surface area contributed by atoms with E-state index in [0.29, 0.717) is 18.2 Å². The monoisotopic (exact) mass is 434 g/mol. The molecule has 2 heterocycles. The molecule has 2 N–H and O–H groups in total. The highest BCUT2D eigenvalue weighted by Gasteiger charge is 2.27. The molecule has 2 amide bonds. The van der Waals surface area contributed by atoms with Crippen molar-refractivity contribution in [3.8, 4) is 0 Å². The van der Waals surface area contributed by atoms with Gasteiger partial charge >= 0.3 is 11.8 Å². The fraction of sp³-hybridized carbons (Fsp3) is 0.462. The van der Waals surface area contributed by atoms with Gasteiger partial charge in [0.1, 0.15) is 0 Å². The Labute approximate surface area is 191 Å². The fourth-order valence-electron chi connectivity index (χ4n) is 4.71.